The number of amides is 2. The fraction of sp³-hybridized carbons (Fsp3) is 0.357. The van der Waals surface area contributed by atoms with E-state index in [1.54, 1.807) is 40.3 Å². The van der Waals surface area contributed by atoms with E-state index in [1.165, 1.54) is 14.2 Å². The van der Waals surface area contributed by atoms with Crippen LogP contribution in [0.3, 0.4) is 0 Å². The largest absolute Gasteiger partial charge is 0.497 e. The van der Waals surface area contributed by atoms with Gasteiger partial charge in [-0.25, -0.2) is 0 Å². The average molecular weight is 479 g/mol. The number of ether oxygens (including phenoxy) is 2. The van der Waals surface area contributed by atoms with Crippen LogP contribution in [0.4, 0.5) is 0 Å². The molecular weight excluding hydrogens is 444 g/mol. The Morgan fingerprint density at radius 3 is 2.17 bits per heavy atom. The second-order valence-electron chi connectivity index (χ2n) is 8.81. The minimum atomic E-state index is -0.245. The number of carbonyl (C=O) groups is 2. The molecule has 0 spiro atoms. The highest BCUT2D eigenvalue weighted by Crippen LogP contribution is 2.24. The summed E-state index contributed by atoms with van der Waals surface area (Å²) in [6, 6.07) is 18.7. The van der Waals surface area contributed by atoms with Gasteiger partial charge in [0.2, 0.25) is 5.91 Å². The second kappa shape index (κ2) is 12.6. The van der Waals surface area contributed by atoms with E-state index in [1.807, 2.05) is 50.2 Å². The van der Waals surface area contributed by atoms with Gasteiger partial charge in [0.1, 0.15) is 23.8 Å². The first-order valence-corrected chi connectivity index (χ1v) is 11.8. The lowest BCUT2D eigenvalue weighted by atomic mass is 10.1. The molecule has 0 atom stereocenters. The molecule has 1 aromatic heterocycles. The molecule has 0 saturated carbocycles. The topological polar surface area (TPSA) is 72.2 Å². The Balaban J connectivity index is 1.80. The summed E-state index contributed by atoms with van der Waals surface area (Å²) in [7, 11) is 3.08. The van der Waals surface area contributed by atoms with E-state index in [0.717, 1.165) is 5.56 Å². The third kappa shape index (κ3) is 7.64. The van der Waals surface area contributed by atoms with Crippen molar-refractivity contribution in [2.45, 2.75) is 26.8 Å². The summed E-state index contributed by atoms with van der Waals surface area (Å²) in [6.07, 6.45) is 2.30. The van der Waals surface area contributed by atoms with Crippen LogP contribution in [0, 0.1) is 5.92 Å². The van der Waals surface area contributed by atoms with E-state index >= 15 is 0 Å². The molecule has 0 unspecified atom stereocenters. The van der Waals surface area contributed by atoms with Gasteiger partial charge in [0, 0.05) is 24.7 Å². The summed E-state index contributed by atoms with van der Waals surface area (Å²) in [5.41, 5.74) is 1.56. The van der Waals surface area contributed by atoms with Gasteiger partial charge in [-0.1, -0.05) is 44.2 Å². The van der Waals surface area contributed by atoms with Gasteiger partial charge < -0.3 is 23.7 Å². The Morgan fingerprint density at radius 2 is 1.60 bits per heavy atom. The molecular formula is C28H34N2O5. The molecule has 2 aromatic carbocycles. The van der Waals surface area contributed by atoms with Crippen LogP contribution in [0.15, 0.2) is 71.3 Å². The van der Waals surface area contributed by atoms with Crippen LogP contribution in [-0.4, -0.2) is 55.5 Å². The van der Waals surface area contributed by atoms with Crippen molar-refractivity contribution in [1.29, 1.82) is 0 Å². The fourth-order valence-electron chi connectivity index (χ4n) is 3.83. The van der Waals surface area contributed by atoms with Gasteiger partial charge in [0.25, 0.3) is 5.91 Å². The third-order valence-electron chi connectivity index (χ3n) is 5.59. The molecule has 0 fully saturated rings. The molecule has 1 heterocycles. The Morgan fingerprint density at radius 1 is 0.914 bits per heavy atom. The van der Waals surface area contributed by atoms with Gasteiger partial charge in [-0.05, 0) is 42.2 Å². The van der Waals surface area contributed by atoms with Gasteiger partial charge in [-0.3, -0.25) is 9.59 Å². The molecule has 0 saturated heterocycles. The molecule has 7 nitrogen and oxygen atoms in total. The van der Waals surface area contributed by atoms with E-state index in [4.69, 9.17) is 13.9 Å². The molecule has 0 aliphatic rings. The molecule has 0 N–H and O–H groups in total. The monoisotopic (exact) mass is 478 g/mol. The quantitative estimate of drug-likeness (QED) is 0.378. The van der Waals surface area contributed by atoms with E-state index in [-0.39, 0.29) is 24.3 Å². The van der Waals surface area contributed by atoms with Gasteiger partial charge >= 0.3 is 0 Å². The Hall–Kier alpha value is -3.74. The summed E-state index contributed by atoms with van der Waals surface area (Å²) < 4.78 is 16.1. The highest BCUT2D eigenvalue weighted by atomic mass is 16.5. The molecule has 35 heavy (non-hydrogen) atoms. The standard InChI is InChI=1S/C28H34N2O5/c1-21(2)18-30(28(32)23-15-25(33-3)17-26(16-23)34-4)20-27(31)29(19-24-11-8-14-35-24)13-12-22-9-6-5-7-10-22/h5-11,14-17,21H,12-13,18-20H2,1-4H3. The number of carbonyl (C=O) groups excluding carboxylic acids is 2. The van der Waals surface area contributed by atoms with Crippen LogP contribution in [0.5, 0.6) is 11.5 Å². The number of rotatable bonds is 12. The first kappa shape index (κ1) is 25.9. The highest BCUT2D eigenvalue weighted by Gasteiger charge is 2.24. The third-order valence-corrected chi connectivity index (χ3v) is 5.59. The predicted octanol–water partition coefficient (Wildman–Crippen LogP) is 4.67. The van der Waals surface area contributed by atoms with Crippen molar-refractivity contribution in [3.05, 3.63) is 83.8 Å². The Labute approximate surface area is 207 Å². The van der Waals surface area contributed by atoms with Crippen LogP contribution in [0.1, 0.15) is 35.5 Å². The Bertz CT molecular complexity index is 1060. The summed E-state index contributed by atoms with van der Waals surface area (Å²) in [4.78, 5) is 30.3. The summed E-state index contributed by atoms with van der Waals surface area (Å²) in [5.74, 6) is 1.54. The van der Waals surface area contributed by atoms with Crippen molar-refractivity contribution in [1.82, 2.24) is 9.80 Å². The molecule has 0 aliphatic carbocycles. The lowest BCUT2D eigenvalue weighted by Crippen LogP contribution is -2.44. The molecule has 0 aliphatic heterocycles. The second-order valence-corrected chi connectivity index (χ2v) is 8.81. The lowest BCUT2D eigenvalue weighted by Gasteiger charge is -2.28. The maximum absolute atomic E-state index is 13.5. The van der Waals surface area contributed by atoms with Crippen LogP contribution in [0.25, 0.3) is 0 Å². The Kier molecular flexibility index (Phi) is 9.35. The number of benzene rings is 2. The molecule has 2 amide bonds. The van der Waals surface area contributed by atoms with Gasteiger partial charge in [0.05, 0.1) is 27.0 Å². The smallest absolute Gasteiger partial charge is 0.254 e. The maximum Gasteiger partial charge on any atom is 0.254 e. The summed E-state index contributed by atoms with van der Waals surface area (Å²) in [5, 5.41) is 0. The normalized spacial score (nSPS) is 10.8. The summed E-state index contributed by atoms with van der Waals surface area (Å²) in [6.45, 7) is 5.30. The number of nitrogens with zero attached hydrogens (tertiary/aromatic N) is 2. The minimum Gasteiger partial charge on any atom is -0.497 e. The van der Waals surface area contributed by atoms with Crippen LogP contribution in [0.2, 0.25) is 0 Å². The van der Waals surface area contributed by atoms with Crippen molar-refractivity contribution in [2.75, 3.05) is 33.9 Å². The first-order chi connectivity index (χ1) is 16.9. The van der Waals surface area contributed by atoms with Crippen molar-refractivity contribution in [3.8, 4) is 11.5 Å². The SMILES string of the molecule is COc1cc(OC)cc(C(=O)N(CC(=O)N(CCc2ccccc2)Cc2ccco2)CC(C)C)c1. The van der Waals surface area contributed by atoms with E-state index < -0.39 is 0 Å². The van der Waals surface area contributed by atoms with Crippen LogP contribution < -0.4 is 9.47 Å². The minimum absolute atomic E-state index is 0.0357. The van der Waals surface area contributed by atoms with Gasteiger partial charge in [0.15, 0.2) is 0 Å². The fourth-order valence-corrected chi connectivity index (χ4v) is 3.83. The zero-order valence-electron chi connectivity index (χ0n) is 20.9. The van der Waals surface area contributed by atoms with Gasteiger partial charge in [-0.2, -0.15) is 0 Å². The molecule has 0 radical (unpaired) electrons. The highest BCUT2D eigenvalue weighted by molar-refractivity contribution is 5.97. The number of methoxy groups -OCH3 is 2. The van der Waals surface area contributed by atoms with Crippen molar-refractivity contribution in [2.24, 2.45) is 5.92 Å². The average Bonchev–Trinajstić information content (AvgIpc) is 3.38. The molecule has 3 aromatic rings. The van der Waals surface area contributed by atoms with E-state index in [0.29, 0.717) is 48.9 Å². The molecule has 7 heteroatoms. The van der Waals surface area contributed by atoms with Crippen molar-refractivity contribution >= 4 is 11.8 Å². The van der Waals surface area contributed by atoms with Crippen molar-refractivity contribution in [3.63, 3.8) is 0 Å². The van der Waals surface area contributed by atoms with Crippen LogP contribution >= 0.6 is 0 Å². The lowest BCUT2D eigenvalue weighted by molar-refractivity contribution is -0.132. The first-order valence-electron chi connectivity index (χ1n) is 11.8. The zero-order chi connectivity index (χ0) is 25.2. The van der Waals surface area contributed by atoms with E-state index in [2.05, 4.69) is 0 Å². The number of furan rings is 1. The van der Waals surface area contributed by atoms with Gasteiger partial charge in [-0.15, -0.1) is 0 Å². The number of hydrogen-bond acceptors (Lipinski definition) is 5. The molecule has 0 bridgehead atoms. The van der Waals surface area contributed by atoms with E-state index in [9.17, 15) is 9.59 Å². The molecule has 186 valence electrons. The predicted molar refractivity (Wildman–Crippen MR) is 135 cm³/mol. The van der Waals surface area contributed by atoms with Crippen LogP contribution in [-0.2, 0) is 17.8 Å². The van der Waals surface area contributed by atoms with Crippen molar-refractivity contribution < 1.29 is 23.5 Å². The molecule has 3 rings (SSSR count). The zero-order valence-corrected chi connectivity index (χ0v) is 20.9. The maximum atomic E-state index is 13.5. The number of hydrogen-bond donors (Lipinski definition) is 0. The summed E-state index contributed by atoms with van der Waals surface area (Å²) >= 11 is 0.